The minimum absolute atomic E-state index is 0.00350. The summed E-state index contributed by atoms with van der Waals surface area (Å²) in [7, 11) is 0. The first-order valence-corrected chi connectivity index (χ1v) is 26.1. The molecule has 2 aliphatic rings. The molecule has 1 aromatic rings. The Hall–Kier alpha value is -7.38. The topological polar surface area (TPSA) is 437 Å². The monoisotopic (exact) mass is 1070 g/mol. The van der Waals surface area contributed by atoms with E-state index < -0.39 is 164 Å². The van der Waals surface area contributed by atoms with Crippen molar-refractivity contribution in [1.29, 1.82) is 0 Å². The summed E-state index contributed by atoms with van der Waals surface area (Å²) in [5.41, 5.74) is 22.2. The number of phenolic OH excluding ortho intramolecular Hbond substituents is 1. The number of primary amides is 4. The molecular formula is C50H78N12O14. The number of benzene rings is 1. The highest BCUT2D eigenvalue weighted by atomic mass is 16.3. The van der Waals surface area contributed by atoms with E-state index in [0.29, 0.717) is 18.4 Å². The number of aromatic hydroxyl groups is 1. The molecule has 0 bridgehead atoms. The summed E-state index contributed by atoms with van der Waals surface area (Å²) in [6, 6.07) is -7.34. The quantitative estimate of drug-likeness (QED) is 0.0469. The van der Waals surface area contributed by atoms with Gasteiger partial charge in [0.1, 0.15) is 48.0 Å². The van der Waals surface area contributed by atoms with Gasteiger partial charge in [-0.2, -0.15) is 0 Å². The number of nitrogens with zero attached hydrogens (tertiary/aromatic N) is 1. The lowest BCUT2D eigenvalue weighted by atomic mass is 10.0. The van der Waals surface area contributed by atoms with Gasteiger partial charge in [0, 0.05) is 31.8 Å². The number of rotatable bonds is 24. The lowest BCUT2D eigenvalue weighted by Crippen LogP contribution is -2.60. The first kappa shape index (κ1) is 62.9. The van der Waals surface area contributed by atoms with E-state index in [-0.39, 0.29) is 38.0 Å². The number of nitrogens with two attached hydrogens (primary N) is 4. The summed E-state index contributed by atoms with van der Waals surface area (Å²) >= 11 is 0. The van der Waals surface area contributed by atoms with Gasteiger partial charge in [0.2, 0.25) is 70.9 Å². The summed E-state index contributed by atoms with van der Waals surface area (Å²) < 4.78 is 0. The van der Waals surface area contributed by atoms with Crippen molar-refractivity contribution >= 4 is 70.9 Å². The van der Waals surface area contributed by atoms with E-state index >= 15 is 0 Å². The molecule has 0 unspecified atom stereocenters. The van der Waals surface area contributed by atoms with Crippen molar-refractivity contribution in [3.8, 4) is 5.75 Å². The average Bonchev–Trinajstić information content (AvgIpc) is 3.85. The zero-order chi connectivity index (χ0) is 56.3. The Bertz CT molecular complexity index is 2200. The van der Waals surface area contributed by atoms with Gasteiger partial charge in [0.25, 0.3) is 0 Å². The van der Waals surface area contributed by atoms with Gasteiger partial charge >= 0.3 is 0 Å². The van der Waals surface area contributed by atoms with Gasteiger partial charge in [-0.05, 0) is 43.4 Å². The molecule has 2 heterocycles. The first-order chi connectivity index (χ1) is 36.1. The van der Waals surface area contributed by atoms with Crippen LogP contribution in [0.1, 0.15) is 141 Å². The van der Waals surface area contributed by atoms with Gasteiger partial charge in [-0.15, -0.1) is 0 Å². The van der Waals surface area contributed by atoms with E-state index in [0.717, 1.165) is 43.4 Å². The molecule has 12 amide bonds. The van der Waals surface area contributed by atoms with Crippen LogP contribution in [0, 0.1) is 0 Å². The number of amides is 12. The lowest BCUT2D eigenvalue weighted by Gasteiger charge is -2.31. The van der Waals surface area contributed by atoms with Gasteiger partial charge < -0.3 is 75.3 Å². The number of fused-ring (bicyclic) bond motifs is 1. The number of carbonyl (C=O) groups is 12. The Kier molecular flexibility index (Phi) is 27.2. The van der Waals surface area contributed by atoms with Crippen LogP contribution in [0.2, 0.25) is 0 Å². The third-order valence-corrected chi connectivity index (χ3v) is 13.0. The van der Waals surface area contributed by atoms with E-state index in [9.17, 15) is 67.7 Å². The molecule has 0 radical (unpaired) electrons. The van der Waals surface area contributed by atoms with Crippen molar-refractivity contribution in [1.82, 2.24) is 42.1 Å². The number of nitrogens with one attached hydrogen (secondary N) is 7. The van der Waals surface area contributed by atoms with Crippen molar-refractivity contribution in [3.05, 3.63) is 29.8 Å². The zero-order valence-electron chi connectivity index (χ0n) is 43.2. The molecule has 76 heavy (non-hydrogen) atoms. The summed E-state index contributed by atoms with van der Waals surface area (Å²) in [6.07, 6.45) is 7.11. The Balaban J connectivity index is 2.10. The van der Waals surface area contributed by atoms with Crippen LogP contribution in [0.4, 0.5) is 0 Å². The van der Waals surface area contributed by atoms with Crippen LogP contribution in [0.3, 0.4) is 0 Å². The SMILES string of the molecule is CCCCCCCCCCCCC[C@H]1CC(=O)N[C@@H](CC(N)=O)C(=O)N[C@H](Cc2ccc(O)cc2)C(=O)N[C@H](CC(N)=O)C(=O)N[C@@H](CCC(N)=O)C(=O)N2CCC[C@H]2C(=O)N[C@H](CC(N)=O)C(=O)N[C@@H](CO)C(=O)N1. The van der Waals surface area contributed by atoms with E-state index in [1.165, 1.54) is 43.5 Å². The molecule has 0 spiro atoms. The molecule has 0 aromatic heterocycles. The normalized spacial score (nSPS) is 23.7. The Morgan fingerprint density at radius 2 is 0.987 bits per heavy atom. The van der Waals surface area contributed by atoms with Crippen molar-refractivity contribution in [2.24, 2.45) is 22.9 Å². The molecule has 422 valence electrons. The van der Waals surface area contributed by atoms with Crippen LogP contribution >= 0.6 is 0 Å². The number of hydrogen-bond acceptors (Lipinski definition) is 14. The van der Waals surface area contributed by atoms with Crippen LogP contribution in [0.25, 0.3) is 0 Å². The van der Waals surface area contributed by atoms with Crippen molar-refractivity contribution < 1.29 is 67.7 Å². The third-order valence-electron chi connectivity index (χ3n) is 13.0. The van der Waals surface area contributed by atoms with Crippen LogP contribution in [-0.2, 0) is 64.0 Å². The van der Waals surface area contributed by atoms with Crippen LogP contribution in [-0.4, -0.2) is 147 Å². The standard InChI is InChI=1S/C50H78N12O14/c1-2-3-4-5-6-7-8-9-10-11-12-14-30-24-43(69)56-34(25-40(52)66)45(71)58-33(23-29-16-18-31(64)19-17-29)44(70)59-35(26-41(53)67)46(72)57-32(20-21-39(51)65)50(76)62-22-13-15-38(62)49(75)60-36(27-42(54)68)47(73)61-37(28-63)48(74)55-30/h16-19,30,32-38,63-64H,2-15,20-28H2,1H3,(H2,51,65)(H2,52,66)(H2,53,67)(H2,54,68)(H,55,74)(H,56,69)(H,57,72)(H,58,71)(H,59,70)(H,60,75)(H,61,73)/t30-,32-,33+,34-,35+,36+,37-,38-/m0/s1. The molecular weight excluding hydrogens is 993 g/mol. The molecule has 17 N–H and O–H groups in total. The minimum atomic E-state index is -1.86. The first-order valence-electron chi connectivity index (χ1n) is 26.1. The fourth-order valence-electron chi connectivity index (χ4n) is 8.97. The van der Waals surface area contributed by atoms with E-state index in [1.807, 2.05) is 0 Å². The maximum Gasteiger partial charge on any atom is 0.245 e. The number of phenols is 1. The molecule has 0 aliphatic carbocycles. The number of hydrogen-bond donors (Lipinski definition) is 13. The van der Waals surface area contributed by atoms with E-state index in [4.69, 9.17) is 22.9 Å². The Labute approximate surface area is 441 Å². The second-order valence-electron chi connectivity index (χ2n) is 19.4. The largest absolute Gasteiger partial charge is 0.508 e. The van der Waals surface area contributed by atoms with Gasteiger partial charge in [0.05, 0.1) is 25.9 Å². The summed E-state index contributed by atoms with van der Waals surface area (Å²) in [4.78, 5) is 162. The second-order valence-corrected chi connectivity index (χ2v) is 19.4. The Morgan fingerprint density at radius 3 is 1.50 bits per heavy atom. The van der Waals surface area contributed by atoms with Crippen LogP contribution in [0.15, 0.2) is 24.3 Å². The minimum Gasteiger partial charge on any atom is -0.508 e. The number of carbonyl (C=O) groups excluding carboxylic acids is 12. The smallest absolute Gasteiger partial charge is 0.245 e. The highest BCUT2D eigenvalue weighted by Crippen LogP contribution is 2.21. The lowest BCUT2D eigenvalue weighted by molar-refractivity contribution is -0.143. The molecule has 2 fully saturated rings. The fraction of sp³-hybridized carbons (Fsp3) is 0.640. The second kappa shape index (κ2) is 32.8. The maximum absolute atomic E-state index is 14.3. The maximum atomic E-state index is 14.3. The summed E-state index contributed by atoms with van der Waals surface area (Å²) in [5.74, 6) is -12.6. The Morgan fingerprint density at radius 1 is 0.539 bits per heavy atom. The average molecular weight is 1070 g/mol. The third kappa shape index (κ3) is 22.6. The molecule has 26 nitrogen and oxygen atoms in total. The molecule has 0 saturated carbocycles. The van der Waals surface area contributed by atoms with Crippen molar-refractivity contribution in [2.75, 3.05) is 13.2 Å². The van der Waals surface area contributed by atoms with Crippen LogP contribution < -0.4 is 60.2 Å². The number of unbranched alkanes of at least 4 members (excludes halogenated alkanes) is 10. The molecule has 1 aromatic carbocycles. The zero-order valence-corrected chi connectivity index (χ0v) is 43.2. The van der Waals surface area contributed by atoms with Gasteiger partial charge in [-0.1, -0.05) is 89.7 Å². The van der Waals surface area contributed by atoms with E-state index in [1.54, 1.807) is 0 Å². The predicted molar refractivity (Wildman–Crippen MR) is 273 cm³/mol. The highest BCUT2D eigenvalue weighted by molar-refractivity contribution is 6.00. The van der Waals surface area contributed by atoms with Gasteiger partial charge in [-0.3, -0.25) is 57.5 Å². The molecule has 2 saturated heterocycles. The molecule has 8 atom stereocenters. The highest BCUT2D eigenvalue weighted by Gasteiger charge is 2.41. The summed E-state index contributed by atoms with van der Waals surface area (Å²) in [6.45, 7) is 1.06. The number of aliphatic hydroxyl groups excluding tert-OH is 1. The van der Waals surface area contributed by atoms with Crippen molar-refractivity contribution in [2.45, 2.75) is 190 Å². The van der Waals surface area contributed by atoms with Crippen LogP contribution in [0.5, 0.6) is 5.75 Å². The van der Waals surface area contributed by atoms with Crippen molar-refractivity contribution in [3.63, 3.8) is 0 Å². The molecule has 3 rings (SSSR count). The summed E-state index contributed by atoms with van der Waals surface area (Å²) in [5, 5.41) is 37.3. The number of aliphatic hydroxyl groups is 1. The van der Waals surface area contributed by atoms with Gasteiger partial charge in [0.15, 0.2) is 0 Å². The fourth-order valence-corrected chi connectivity index (χ4v) is 8.97. The van der Waals surface area contributed by atoms with Gasteiger partial charge in [-0.25, -0.2) is 0 Å². The predicted octanol–water partition coefficient (Wildman–Crippen LogP) is -2.69. The molecule has 26 heteroatoms. The molecule has 2 aliphatic heterocycles. The van der Waals surface area contributed by atoms with E-state index in [2.05, 4.69) is 44.1 Å².